The van der Waals surface area contributed by atoms with E-state index in [4.69, 9.17) is 0 Å². The largest absolute Gasteiger partial charge is 0.481 e. The van der Waals surface area contributed by atoms with E-state index in [0.29, 0.717) is 18.4 Å². The fourth-order valence-electron chi connectivity index (χ4n) is 4.52. The van der Waals surface area contributed by atoms with Gasteiger partial charge in [0.2, 0.25) is 0 Å². The minimum absolute atomic E-state index is 0.000515. The number of hydrogen-bond acceptors (Lipinski definition) is 2. The van der Waals surface area contributed by atoms with E-state index in [9.17, 15) is 18.7 Å². The Morgan fingerprint density at radius 3 is 2.38 bits per heavy atom. The second-order valence-electron chi connectivity index (χ2n) is 7.95. The Hall–Kier alpha value is -2.43. The fourth-order valence-corrected chi connectivity index (χ4v) is 4.52. The Labute approximate surface area is 170 Å². The number of benzene rings is 2. The van der Waals surface area contributed by atoms with Gasteiger partial charge in [-0.1, -0.05) is 62.2 Å². The van der Waals surface area contributed by atoms with Crippen LogP contribution >= 0.6 is 0 Å². The summed E-state index contributed by atoms with van der Waals surface area (Å²) in [5, 5.41) is 9.34. The molecular weight excluding hydrogens is 374 g/mol. The monoisotopic (exact) mass is 402 g/mol. The molecule has 0 heterocycles. The van der Waals surface area contributed by atoms with Gasteiger partial charge in [0.15, 0.2) is 0 Å². The van der Waals surface area contributed by atoms with E-state index < -0.39 is 12.6 Å². The SMILES string of the molecule is CCCCC1(c2ccc(-c3ccccc3OC(F)F)cc2)CCC(C(=O)O)CC1. The lowest BCUT2D eigenvalue weighted by atomic mass is 9.64. The van der Waals surface area contributed by atoms with Crippen molar-refractivity contribution >= 4 is 5.97 Å². The lowest BCUT2D eigenvalue weighted by Gasteiger charge is -2.40. The first-order valence-corrected chi connectivity index (χ1v) is 10.3. The average Bonchev–Trinajstić information content (AvgIpc) is 2.72. The zero-order valence-electron chi connectivity index (χ0n) is 16.7. The highest BCUT2D eigenvalue weighted by Gasteiger charge is 2.38. The minimum atomic E-state index is -2.86. The van der Waals surface area contributed by atoms with E-state index in [1.165, 1.54) is 5.56 Å². The van der Waals surface area contributed by atoms with Crippen LogP contribution in [0.5, 0.6) is 5.75 Å². The second-order valence-corrected chi connectivity index (χ2v) is 7.95. The first-order chi connectivity index (χ1) is 13.9. The van der Waals surface area contributed by atoms with Crippen molar-refractivity contribution in [3.8, 4) is 16.9 Å². The molecule has 0 radical (unpaired) electrons. The van der Waals surface area contributed by atoms with Crippen LogP contribution in [0.3, 0.4) is 0 Å². The van der Waals surface area contributed by atoms with Gasteiger partial charge in [0.1, 0.15) is 5.75 Å². The molecule has 3 nitrogen and oxygen atoms in total. The zero-order chi connectivity index (χ0) is 20.9. The summed E-state index contributed by atoms with van der Waals surface area (Å²) < 4.78 is 30.1. The molecule has 1 saturated carbocycles. The number of hydrogen-bond donors (Lipinski definition) is 1. The van der Waals surface area contributed by atoms with E-state index in [1.807, 2.05) is 12.1 Å². The summed E-state index contributed by atoms with van der Waals surface area (Å²) in [5.74, 6) is -0.777. The molecule has 0 unspecified atom stereocenters. The molecular formula is C24H28F2O3. The predicted molar refractivity (Wildman–Crippen MR) is 109 cm³/mol. The highest BCUT2D eigenvalue weighted by Crippen LogP contribution is 2.45. The first kappa shape index (κ1) is 21.3. The summed E-state index contributed by atoms with van der Waals surface area (Å²) in [6.07, 6.45) is 6.38. The molecule has 29 heavy (non-hydrogen) atoms. The second kappa shape index (κ2) is 9.38. The van der Waals surface area contributed by atoms with Crippen LogP contribution in [0.1, 0.15) is 57.4 Å². The number of alkyl halides is 2. The quantitative estimate of drug-likeness (QED) is 0.537. The van der Waals surface area contributed by atoms with Crippen LogP contribution in [-0.2, 0) is 10.2 Å². The standard InChI is InChI=1S/C24H28F2O3/c1-2-3-14-24(15-12-18(13-16-24)22(27)28)19-10-8-17(9-11-19)20-6-4-5-7-21(20)29-23(25)26/h4-11,18,23H,2-3,12-16H2,1H3,(H,27,28). The molecule has 0 spiro atoms. The third kappa shape index (κ3) is 4.95. The smallest absolute Gasteiger partial charge is 0.387 e. The Kier molecular flexibility index (Phi) is 6.88. The topological polar surface area (TPSA) is 46.5 Å². The Morgan fingerprint density at radius 2 is 1.79 bits per heavy atom. The summed E-state index contributed by atoms with van der Waals surface area (Å²) in [5.41, 5.74) is 2.68. The highest BCUT2D eigenvalue weighted by atomic mass is 19.3. The fraction of sp³-hybridized carbons (Fsp3) is 0.458. The van der Waals surface area contributed by atoms with Gasteiger partial charge in [0.05, 0.1) is 5.92 Å². The van der Waals surface area contributed by atoms with Gasteiger partial charge in [-0.25, -0.2) is 0 Å². The first-order valence-electron chi connectivity index (χ1n) is 10.3. The molecule has 1 fully saturated rings. The van der Waals surface area contributed by atoms with Crippen molar-refractivity contribution in [2.75, 3.05) is 0 Å². The van der Waals surface area contributed by atoms with Crippen molar-refractivity contribution in [2.24, 2.45) is 5.92 Å². The lowest BCUT2D eigenvalue weighted by molar-refractivity contribution is -0.143. The van der Waals surface area contributed by atoms with Gasteiger partial charge >= 0.3 is 12.6 Å². The van der Waals surface area contributed by atoms with Gasteiger partial charge in [0, 0.05) is 5.56 Å². The molecule has 5 heteroatoms. The molecule has 0 amide bonds. The van der Waals surface area contributed by atoms with Crippen molar-refractivity contribution in [3.05, 3.63) is 54.1 Å². The van der Waals surface area contributed by atoms with Crippen molar-refractivity contribution in [1.29, 1.82) is 0 Å². The maximum absolute atomic E-state index is 12.7. The number of carbonyl (C=O) groups is 1. The van der Waals surface area contributed by atoms with Crippen LogP contribution in [0.2, 0.25) is 0 Å². The molecule has 156 valence electrons. The molecule has 2 aromatic rings. The van der Waals surface area contributed by atoms with Crippen LogP contribution in [0.4, 0.5) is 8.78 Å². The van der Waals surface area contributed by atoms with Crippen LogP contribution < -0.4 is 4.74 Å². The summed E-state index contributed by atoms with van der Waals surface area (Å²) in [4.78, 5) is 11.4. The van der Waals surface area contributed by atoms with E-state index in [0.717, 1.165) is 37.7 Å². The number of ether oxygens (including phenoxy) is 1. The normalized spacial score (nSPS) is 21.9. The van der Waals surface area contributed by atoms with Gasteiger partial charge in [-0.05, 0) is 54.7 Å². The maximum atomic E-state index is 12.7. The number of unbranched alkanes of at least 4 members (excludes halogenated alkanes) is 1. The Bertz CT molecular complexity index is 809. The third-order valence-corrected chi connectivity index (χ3v) is 6.21. The van der Waals surface area contributed by atoms with Gasteiger partial charge < -0.3 is 9.84 Å². The summed E-state index contributed by atoms with van der Waals surface area (Å²) in [6.45, 7) is -0.697. The maximum Gasteiger partial charge on any atom is 0.387 e. The van der Waals surface area contributed by atoms with Gasteiger partial charge in [-0.15, -0.1) is 0 Å². The Balaban J connectivity index is 1.86. The van der Waals surface area contributed by atoms with Crippen LogP contribution in [-0.4, -0.2) is 17.7 Å². The van der Waals surface area contributed by atoms with E-state index >= 15 is 0 Å². The molecule has 2 aromatic carbocycles. The molecule has 1 aliphatic rings. The summed E-state index contributed by atoms with van der Waals surface area (Å²) in [6, 6.07) is 14.9. The number of rotatable bonds is 8. The zero-order valence-corrected chi connectivity index (χ0v) is 16.7. The minimum Gasteiger partial charge on any atom is -0.481 e. The third-order valence-electron chi connectivity index (χ3n) is 6.21. The molecule has 0 saturated heterocycles. The van der Waals surface area contributed by atoms with Gasteiger partial charge in [-0.3, -0.25) is 4.79 Å². The molecule has 0 aromatic heterocycles. The van der Waals surface area contributed by atoms with E-state index in [1.54, 1.807) is 24.3 Å². The molecule has 0 atom stereocenters. The number of halogens is 2. The highest BCUT2D eigenvalue weighted by molar-refractivity contribution is 5.71. The predicted octanol–water partition coefficient (Wildman–Crippen LogP) is 6.66. The van der Waals surface area contributed by atoms with Crippen molar-refractivity contribution in [1.82, 2.24) is 0 Å². The summed E-state index contributed by atoms with van der Waals surface area (Å²) >= 11 is 0. The van der Waals surface area contributed by atoms with Crippen molar-refractivity contribution in [3.63, 3.8) is 0 Å². The van der Waals surface area contributed by atoms with E-state index in [2.05, 4.69) is 23.8 Å². The number of carboxylic acid groups (broad SMARTS) is 1. The number of aliphatic carboxylic acids is 1. The van der Waals surface area contributed by atoms with E-state index in [-0.39, 0.29) is 17.1 Å². The Morgan fingerprint density at radius 1 is 1.14 bits per heavy atom. The molecule has 0 bridgehead atoms. The molecule has 0 aliphatic heterocycles. The van der Waals surface area contributed by atoms with Crippen LogP contribution in [0.15, 0.2) is 48.5 Å². The molecule has 1 aliphatic carbocycles. The van der Waals surface area contributed by atoms with Crippen LogP contribution in [0.25, 0.3) is 11.1 Å². The number of para-hydroxylation sites is 1. The summed E-state index contributed by atoms with van der Waals surface area (Å²) in [7, 11) is 0. The molecule has 1 N–H and O–H groups in total. The van der Waals surface area contributed by atoms with Gasteiger partial charge in [-0.2, -0.15) is 8.78 Å². The number of carboxylic acids is 1. The lowest BCUT2D eigenvalue weighted by Crippen LogP contribution is -2.34. The van der Waals surface area contributed by atoms with Gasteiger partial charge in [0.25, 0.3) is 0 Å². The molecule has 3 rings (SSSR count). The van der Waals surface area contributed by atoms with Crippen molar-refractivity contribution in [2.45, 2.75) is 63.9 Å². The van der Waals surface area contributed by atoms with Crippen LogP contribution in [0, 0.1) is 5.92 Å². The average molecular weight is 402 g/mol. The van der Waals surface area contributed by atoms with Crippen molar-refractivity contribution < 1.29 is 23.4 Å².